The smallest absolute Gasteiger partial charge is 0.417 e. The predicted molar refractivity (Wildman–Crippen MR) is 159 cm³/mol. The number of alkyl halides is 3. The number of ether oxygens (including phenoxy) is 1. The van der Waals surface area contributed by atoms with Crippen LogP contribution in [0.25, 0.3) is 5.57 Å². The Labute approximate surface area is 255 Å². The number of amides is 1. The number of likely N-dealkylation sites (N-methyl/N-ethyl adjacent to an activating group) is 1. The minimum atomic E-state index is -5.04. The molecule has 1 fully saturated rings. The molecule has 2 atom stereocenters. The molecule has 0 saturated carbocycles. The molecule has 15 heteroatoms. The zero-order valence-corrected chi connectivity index (χ0v) is 25.0. The molecular weight excluding hydrogens is 601 g/mol. The van der Waals surface area contributed by atoms with Gasteiger partial charge in [0.1, 0.15) is 23.6 Å². The van der Waals surface area contributed by atoms with Crippen molar-refractivity contribution in [1.82, 2.24) is 19.9 Å². The first-order valence-corrected chi connectivity index (χ1v) is 14.2. The van der Waals surface area contributed by atoms with Gasteiger partial charge in [0.05, 0.1) is 29.5 Å². The lowest BCUT2D eigenvalue weighted by Crippen LogP contribution is -2.55. The van der Waals surface area contributed by atoms with Gasteiger partial charge in [0.2, 0.25) is 11.4 Å². The van der Waals surface area contributed by atoms with Crippen molar-refractivity contribution >= 4 is 28.7 Å². The average molecular weight is 634 g/mol. The first kappa shape index (κ1) is 31.9. The van der Waals surface area contributed by atoms with Gasteiger partial charge in [-0.2, -0.15) is 13.2 Å². The third-order valence-corrected chi connectivity index (χ3v) is 8.24. The monoisotopic (exact) mass is 633 g/mol. The normalized spacial score (nSPS) is 19.4. The first-order valence-electron chi connectivity index (χ1n) is 14.2. The number of carbonyl (C=O) groups excluding carboxylic acids is 1. The fraction of sp³-hybridized carbons (Fsp3) is 0.400. The predicted octanol–water partition coefficient (Wildman–Crippen LogP) is 4.55. The topological polar surface area (TPSA) is 107 Å². The number of anilines is 3. The van der Waals surface area contributed by atoms with Crippen LogP contribution in [0.5, 0.6) is 5.88 Å². The van der Waals surface area contributed by atoms with Gasteiger partial charge in [-0.3, -0.25) is 14.5 Å². The van der Waals surface area contributed by atoms with E-state index in [1.807, 2.05) is 20.9 Å². The number of carbonyl (C=O) groups is 1. The summed E-state index contributed by atoms with van der Waals surface area (Å²) in [6.07, 6.45) is -1.03. The molecule has 2 aliphatic heterocycles. The number of nitrogens with one attached hydrogen (secondary N) is 2. The summed E-state index contributed by atoms with van der Waals surface area (Å²) in [6, 6.07) is 2.86. The number of hydrogen-bond acceptors (Lipinski definition) is 8. The number of nitrogens with zero attached hydrogens (tertiary/aromatic N) is 5. The van der Waals surface area contributed by atoms with Gasteiger partial charge in [0.25, 0.3) is 5.91 Å². The molecule has 2 aromatic heterocycles. The van der Waals surface area contributed by atoms with Gasteiger partial charge in [-0.1, -0.05) is 6.08 Å². The Balaban J connectivity index is 1.59. The summed E-state index contributed by atoms with van der Waals surface area (Å²) in [7, 11) is 3.37. The van der Waals surface area contributed by atoms with Crippen LogP contribution in [0.15, 0.2) is 41.6 Å². The molecule has 1 saturated heterocycles. The average Bonchev–Trinajstić information content (AvgIpc) is 3.00. The number of benzene rings is 1. The Bertz CT molecular complexity index is 1680. The fourth-order valence-corrected chi connectivity index (χ4v) is 5.68. The fourth-order valence-electron chi connectivity index (χ4n) is 5.68. The molecule has 2 unspecified atom stereocenters. The van der Waals surface area contributed by atoms with E-state index in [-0.39, 0.29) is 36.0 Å². The molecule has 0 radical (unpaired) electrons. The van der Waals surface area contributed by atoms with Crippen molar-refractivity contribution in [2.45, 2.75) is 38.5 Å². The Morgan fingerprint density at radius 2 is 1.80 bits per heavy atom. The highest BCUT2D eigenvalue weighted by Gasteiger charge is 2.37. The molecule has 45 heavy (non-hydrogen) atoms. The zero-order valence-electron chi connectivity index (χ0n) is 25.0. The van der Waals surface area contributed by atoms with E-state index in [4.69, 9.17) is 4.74 Å². The van der Waals surface area contributed by atoms with Crippen molar-refractivity contribution in [2.24, 2.45) is 0 Å². The van der Waals surface area contributed by atoms with Crippen LogP contribution in [0.4, 0.5) is 39.1 Å². The lowest BCUT2D eigenvalue weighted by atomic mass is 9.97. The standard InChI is InChI=1S/C30H32F5N7O3/c1-16-12-42(13-17(2)40(16)3)22-9-21(31)26(18-6-5-7-41(14-18)23-10-25(45-4)38-15-37-23)27(32)28(22)39-29(44)19-11-36-24(43)8-20(19)30(33,34)35/h6,8-11,15-17H,5,7,12-14H2,1-4H3,(H,36,43)(H,39,44). The van der Waals surface area contributed by atoms with Gasteiger partial charge in [-0.25, -0.2) is 18.7 Å². The molecule has 240 valence electrons. The Kier molecular flexibility index (Phi) is 8.83. The van der Waals surface area contributed by atoms with Gasteiger partial charge >= 0.3 is 6.18 Å². The van der Waals surface area contributed by atoms with Gasteiger partial charge in [-0.15, -0.1) is 0 Å². The second-order valence-electron chi connectivity index (χ2n) is 11.1. The number of rotatable bonds is 6. The van der Waals surface area contributed by atoms with E-state index in [2.05, 4.69) is 25.2 Å². The molecule has 0 spiro atoms. The van der Waals surface area contributed by atoms with Crippen molar-refractivity contribution in [1.29, 1.82) is 0 Å². The van der Waals surface area contributed by atoms with E-state index in [0.717, 1.165) is 6.07 Å². The van der Waals surface area contributed by atoms with Gasteiger partial charge < -0.3 is 24.8 Å². The Morgan fingerprint density at radius 1 is 1.09 bits per heavy atom. The maximum absolute atomic E-state index is 16.7. The Hall–Kier alpha value is -4.53. The number of pyridine rings is 1. The van der Waals surface area contributed by atoms with Crippen molar-refractivity contribution in [3.8, 4) is 5.88 Å². The van der Waals surface area contributed by atoms with Crippen LogP contribution in [-0.4, -0.2) is 78.2 Å². The highest BCUT2D eigenvalue weighted by molar-refractivity contribution is 6.07. The van der Waals surface area contributed by atoms with E-state index in [0.29, 0.717) is 43.9 Å². The number of hydrogen-bond donors (Lipinski definition) is 2. The molecule has 5 rings (SSSR count). The molecular formula is C30H32F5N7O3. The summed E-state index contributed by atoms with van der Waals surface area (Å²) in [5.41, 5.74) is -4.11. The van der Waals surface area contributed by atoms with E-state index in [1.165, 1.54) is 13.4 Å². The molecule has 10 nitrogen and oxygen atoms in total. The van der Waals surface area contributed by atoms with Crippen LogP contribution in [0.2, 0.25) is 0 Å². The summed E-state index contributed by atoms with van der Waals surface area (Å²) in [4.78, 5) is 40.9. The highest BCUT2D eigenvalue weighted by atomic mass is 19.4. The van der Waals surface area contributed by atoms with E-state index in [1.54, 1.807) is 21.9 Å². The molecule has 0 aliphatic carbocycles. The Morgan fingerprint density at radius 3 is 2.47 bits per heavy atom. The van der Waals surface area contributed by atoms with Gasteiger partial charge in [0, 0.05) is 62.7 Å². The lowest BCUT2D eigenvalue weighted by Gasteiger charge is -2.44. The quantitative estimate of drug-likeness (QED) is 0.381. The number of methoxy groups -OCH3 is 1. The second kappa shape index (κ2) is 12.5. The highest BCUT2D eigenvalue weighted by Crippen LogP contribution is 2.40. The van der Waals surface area contributed by atoms with Crippen molar-refractivity contribution in [3.05, 3.63) is 75.5 Å². The maximum Gasteiger partial charge on any atom is 0.417 e. The molecule has 2 aliphatic rings. The summed E-state index contributed by atoms with van der Waals surface area (Å²) >= 11 is 0. The molecule has 1 aromatic carbocycles. The van der Waals surface area contributed by atoms with Crippen LogP contribution in [-0.2, 0) is 6.18 Å². The lowest BCUT2D eigenvalue weighted by molar-refractivity contribution is -0.138. The van der Waals surface area contributed by atoms with Crippen molar-refractivity contribution in [3.63, 3.8) is 0 Å². The van der Waals surface area contributed by atoms with Crippen LogP contribution >= 0.6 is 0 Å². The molecule has 2 N–H and O–H groups in total. The van der Waals surface area contributed by atoms with E-state index in [9.17, 15) is 22.8 Å². The third kappa shape index (κ3) is 6.48. The number of piperazine rings is 1. The molecule has 4 heterocycles. The largest absolute Gasteiger partial charge is 0.481 e. The number of aromatic nitrogens is 3. The number of aromatic amines is 1. The number of halogens is 5. The van der Waals surface area contributed by atoms with Crippen LogP contribution in [0, 0.1) is 11.6 Å². The molecule has 0 bridgehead atoms. The summed E-state index contributed by atoms with van der Waals surface area (Å²) in [5.74, 6) is -2.58. The number of H-pyrrole nitrogens is 1. The third-order valence-electron chi connectivity index (χ3n) is 8.24. The van der Waals surface area contributed by atoms with Gasteiger partial charge in [-0.05, 0) is 32.9 Å². The summed E-state index contributed by atoms with van der Waals surface area (Å²) in [6.45, 7) is 5.06. The van der Waals surface area contributed by atoms with Gasteiger partial charge in [0.15, 0.2) is 5.82 Å². The van der Waals surface area contributed by atoms with Crippen LogP contribution in [0.1, 0.15) is 41.8 Å². The molecule has 1 amide bonds. The second-order valence-corrected chi connectivity index (χ2v) is 11.1. The van der Waals surface area contributed by atoms with E-state index < -0.39 is 51.7 Å². The summed E-state index contributed by atoms with van der Waals surface area (Å²) < 4.78 is 79.2. The minimum Gasteiger partial charge on any atom is -0.481 e. The SMILES string of the molecule is COc1cc(N2CCC=C(c3c(F)cc(N4CC(C)N(C)C(C)C4)c(NC(=O)c4c[nH]c(=O)cc4C(F)(F)F)c3F)C2)ncn1. The maximum atomic E-state index is 16.7. The minimum absolute atomic E-state index is 0.0133. The van der Waals surface area contributed by atoms with Crippen molar-refractivity contribution in [2.75, 3.05) is 55.5 Å². The summed E-state index contributed by atoms with van der Waals surface area (Å²) in [5, 5.41) is 2.29. The van der Waals surface area contributed by atoms with E-state index >= 15 is 8.78 Å². The van der Waals surface area contributed by atoms with Crippen LogP contribution < -0.4 is 25.4 Å². The zero-order chi connectivity index (χ0) is 32.6. The van der Waals surface area contributed by atoms with Crippen molar-refractivity contribution < 1.29 is 31.5 Å². The first-order chi connectivity index (χ1) is 21.3. The van der Waals surface area contributed by atoms with Crippen LogP contribution in [0.3, 0.4) is 0 Å². The molecule has 3 aromatic rings.